The molecular formula is C18H16O2. The first-order valence-electron chi connectivity index (χ1n) is 6.34. The quantitative estimate of drug-likeness (QED) is 0.669. The Morgan fingerprint density at radius 2 is 1.65 bits per heavy atom. The molecule has 0 heterocycles. The van der Waals surface area contributed by atoms with Gasteiger partial charge in [0, 0.05) is 5.57 Å². The van der Waals surface area contributed by atoms with Gasteiger partial charge in [0.05, 0.1) is 0 Å². The van der Waals surface area contributed by atoms with Crippen LogP contribution in [0, 0.1) is 6.92 Å². The standard InChI is InChI=1S/C18H16O2/c1-3-18(20)17(15-8-4-13(2)5-9-15)12-14-6-10-16(19)11-7-14/h3-12,19H,1H2,2H3. The molecule has 0 saturated heterocycles. The van der Waals surface area contributed by atoms with Crippen molar-refractivity contribution >= 4 is 17.4 Å². The van der Waals surface area contributed by atoms with Crippen LogP contribution in [0.5, 0.6) is 5.75 Å². The Labute approximate surface area is 118 Å². The number of phenols is 1. The Morgan fingerprint density at radius 3 is 2.20 bits per heavy atom. The van der Waals surface area contributed by atoms with Crippen molar-refractivity contribution in [3.63, 3.8) is 0 Å². The predicted molar refractivity (Wildman–Crippen MR) is 82.4 cm³/mol. The van der Waals surface area contributed by atoms with Crippen LogP contribution in [0.15, 0.2) is 61.2 Å². The van der Waals surface area contributed by atoms with Crippen LogP contribution in [0.1, 0.15) is 16.7 Å². The first kappa shape index (κ1) is 13.8. The largest absolute Gasteiger partial charge is 0.508 e. The zero-order valence-electron chi connectivity index (χ0n) is 11.3. The Hall–Kier alpha value is -2.61. The molecule has 2 aromatic rings. The molecule has 0 unspecified atom stereocenters. The van der Waals surface area contributed by atoms with Gasteiger partial charge in [0.15, 0.2) is 5.78 Å². The highest BCUT2D eigenvalue weighted by Gasteiger charge is 2.08. The number of phenolic OH excluding ortho intramolecular Hbond substituents is 1. The Morgan fingerprint density at radius 1 is 1.05 bits per heavy atom. The summed E-state index contributed by atoms with van der Waals surface area (Å²) in [5.74, 6) is 0.0796. The van der Waals surface area contributed by atoms with E-state index in [1.54, 1.807) is 30.3 Å². The number of aromatic hydroxyl groups is 1. The van der Waals surface area contributed by atoms with Gasteiger partial charge in [-0.05, 0) is 42.3 Å². The van der Waals surface area contributed by atoms with Gasteiger partial charge in [-0.3, -0.25) is 4.79 Å². The number of hydrogen-bond donors (Lipinski definition) is 1. The summed E-state index contributed by atoms with van der Waals surface area (Å²) in [6.07, 6.45) is 3.11. The molecule has 0 aliphatic rings. The Bertz CT molecular complexity index is 647. The van der Waals surface area contributed by atoms with Crippen molar-refractivity contribution in [2.75, 3.05) is 0 Å². The summed E-state index contributed by atoms with van der Waals surface area (Å²) < 4.78 is 0. The summed E-state index contributed by atoms with van der Waals surface area (Å²) in [5, 5.41) is 9.29. The average molecular weight is 264 g/mol. The first-order valence-corrected chi connectivity index (χ1v) is 6.34. The van der Waals surface area contributed by atoms with Gasteiger partial charge < -0.3 is 5.11 Å². The molecule has 0 bridgehead atoms. The fourth-order valence-electron chi connectivity index (χ4n) is 1.88. The summed E-state index contributed by atoms with van der Waals surface area (Å²) in [5.41, 5.74) is 3.44. The highest BCUT2D eigenvalue weighted by Crippen LogP contribution is 2.21. The van der Waals surface area contributed by atoms with E-state index in [1.807, 2.05) is 31.2 Å². The van der Waals surface area contributed by atoms with E-state index in [1.165, 1.54) is 6.08 Å². The molecule has 0 fully saturated rings. The number of rotatable bonds is 4. The van der Waals surface area contributed by atoms with E-state index < -0.39 is 0 Å². The van der Waals surface area contributed by atoms with Crippen molar-refractivity contribution in [3.05, 3.63) is 77.9 Å². The molecule has 0 aliphatic heterocycles. The van der Waals surface area contributed by atoms with Crippen molar-refractivity contribution in [1.29, 1.82) is 0 Å². The molecule has 2 nitrogen and oxygen atoms in total. The predicted octanol–water partition coefficient (Wildman–Crippen LogP) is 4.00. The number of ketones is 1. The van der Waals surface area contributed by atoms with E-state index in [2.05, 4.69) is 6.58 Å². The Kier molecular flexibility index (Phi) is 4.16. The fraction of sp³-hybridized carbons (Fsp3) is 0.0556. The van der Waals surface area contributed by atoms with Crippen LogP contribution in [0.25, 0.3) is 11.6 Å². The smallest absolute Gasteiger partial charge is 0.185 e. The van der Waals surface area contributed by atoms with Crippen molar-refractivity contribution < 1.29 is 9.90 Å². The minimum atomic E-state index is -0.123. The fourth-order valence-corrected chi connectivity index (χ4v) is 1.88. The molecule has 0 aromatic heterocycles. The molecule has 0 spiro atoms. The van der Waals surface area contributed by atoms with Crippen molar-refractivity contribution in [2.45, 2.75) is 6.92 Å². The molecule has 0 saturated carbocycles. The Balaban J connectivity index is 2.47. The van der Waals surface area contributed by atoms with Crippen LogP contribution in [-0.4, -0.2) is 10.9 Å². The minimum Gasteiger partial charge on any atom is -0.508 e. The number of benzene rings is 2. The summed E-state index contributed by atoms with van der Waals surface area (Å²) in [6, 6.07) is 14.5. The topological polar surface area (TPSA) is 37.3 Å². The summed E-state index contributed by atoms with van der Waals surface area (Å²) in [6.45, 7) is 5.55. The molecule has 0 aliphatic carbocycles. The summed E-state index contributed by atoms with van der Waals surface area (Å²) >= 11 is 0. The van der Waals surface area contributed by atoms with Gasteiger partial charge in [0.25, 0.3) is 0 Å². The lowest BCUT2D eigenvalue weighted by Gasteiger charge is -2.05. The van der Waals surface area contributed by atoms with E-state index in [9.17, 15) is 9.90 Å². The molecule has 0 atom stereocenters. The second kappa shape index (κ2) is 6.02. The molecule has 0 amide bonds. The van der Waals surface area contributed by atoms with Gasteiger partial charge in [-0.1, -0.05) is 48.5 Å². The molecular weight excluding hydrogens is 248 g/mol. The van der Waals surface area contributed by atoms with Crippen LogP contribution < -0.4 is 0 Å². The van der Waals surface area contributed by atoms with Crippen LogP contribution in [-0.2, 0) is 4.79 Å². The van der Waals surface area contributed by atoms with Crippen LogP contribution in [0.3, 0.4) is 0 Å². The van der Waals surface area contributed by atoms with E-state index in [0.717, 1.165) is 16.7 Å². The van der Waals surface area contributed by atoms with E-state index in [0.29, 0.717) is 5.57 Å². The summed E-state index contributed by atoms with van der Waals surface area (Å²) in [7, 11) is 0. The van der Waals surface area contributed by atoms with E-state index in [4.69, 9.17) is 0 Å². The van der Waals surface area contributed by atoms with Gasteiger partial charge in [0.1, 0.15) is 5.75 Å². The van der Waals surface area contributed by atoms with Gasteiger partial charge in [-0.25, -0.2) is 0 Å². The van der Waals surface area contributed by atoms with Gasteiger partial charge in [-0.15, -0.1) is 0 Å². The van der Waals surface area contributed by atoms with Crippen LogP contribution in [0.4, 0.5) is 0 Å². The first-order chi connectivity index (χ1) is 9.60. The minimum absolute atomic E-state index is 0.123. The molecule has 100 valence electrons. The number of aryl methyl sites for hydroxylation is 1. The maximum absolute atomic E-state index is 12.0. The van der Waals surface area contributed by atoms with Gasteiger partial charge in [0.2, 0.25) is 0 Å². The number of allylic oxidation sites excluding steroid dienone is 2. The van der Waals surface area contributed by atoms with Gasteiger partial charge >= 0.3 is 0 Å². The molecule has 2 rings (SSSR count). The lowest BCUT2D eigenvalue weighted by Crippen LogP contribution is -1.97. The monoisotopic (exact) mass is 264 g/mol. The third kappa shape index (κ3) is 3.23. The van der Waals surface area contributed by atoms with Crippen molar-refractivity contribution in [3.8, 4) is 5.75 Å². The highest BCUT2D eigenvalue weighted by molar-refractivity contribution is 6.29. The number of carbonyl (C=O) groups excluding carboxylic acids is 1. The average Bonchev–Trinajstić information content (AvgIpc) is 2.47. The maximum atomic E-state index is 12.0. The highest BCUT2D eigenvalue weighted by atomic mass is 16.3. The second-order valence-corrected chi connectivity index (χ2v) is 4.58. The third-order valence-corrected chi connectivity index (χ3v) is 3.02. The third-order valence-electron chi connectivity index (χ3n) is 3.02. The van der Waals surface area contributed by atoms with Crippen molar-refractivity contribution in [1.82, 2.24) is 0 Å². The number of hydrogen-bond acceptors (Lipinski definition) is 2. The van der Waals surface area contributed by atoms with E-state index >= 15 is 0 Å². The zero-order chi connectivity index (χ0) is 14.5. The molecule has 0 radical (unpaired) electrons. The SMILES string of the molecule is C=CC(=O)C(=Cc1ccc(O)cc1)c1ccc(C)cc1. The normalized spacial score (nSPS) is 11.2. The molecule has 20 heavy (non-hydrogen) atoms. The summed E-state index contributed by atoms with van der Waals surface area (Å²) in [4.78, 5) is 12.0. The molecule has 1 N–H and O–H groups in total. The lowest BCUT2D eigenvalue weighted by atomic mass is 9.98. The zero-order valence-corrected chi connectivity index (χ0v) is 11.3. The molecule has 2 heteroatoms. The number of carbonyl (C=O) groups is 1. The van der Waals surface area contributed by atoms with Crippen LogP contribution in [0.2, 0.25) is 0 Å². The van der Waals surface area contributed by atoms with Crippen molar-refractivity contribution in [2.24, 2.45) is 0 Å². The molecule has 2 aromatic carbocycles. The van der Waals surface area contributed by atoms with Gasteiger partial charge in [-0.2, -0.15) is 0 Å². The lowest BCUT2D eigenvalue weighted by molar-refractivity contribution is -0.109. The van der Waals surface area contributed by atoms with Crippen LogP contribution >= 0.6 is 0 Å². The second-order valence-electron chi connectivity index (χ2n) is 4.58. The maximum Gasteiger partial charge on any atom is 0.185 e. The van der Waals surface area contributed by atoms with E-state index in [-0.39, 0.29) is 11.5 Å².